The molecule has 2 N–H and O–H groups in total. The van der Waals surface area contributed by atoms with Crippen molar-refractivity contribution in [2.45, 2.75) is 25.4 Å². The predicted octanol–water partition coefficient (Wildman–Crippen LogP) is 3.02. The first-order chi connectivity index (χ1) is 9.67. The Kier molecular flexibility index (Phi) is 3.36. The van der Waals surface area contributed by atoms with Gasteiger partial charge in [-0.05, 0) is 54.3 Å². The van der Waals surface area contributed by atoms with E-state index < -0.39 is 0 Å². The lowest BCUT2D eigenvalue weighted by molar-refractivity contribution is 0.413. The minimum atomic E-state index is 0.117. The molecule has 3 rings (SSSR count). The van der Waals surface area contributed by atoms with E-state index in [4.69, 9.17) is 4.74 Å². The van der Waals surface area contributed by atoms with Gasteiger partial charge in [0.25, 0.3) is 0 Å². The van der Waals surface area contributed by atoms with Gasteiger partial charge in [-0.15, -0.1) is 0 Å². The largest absolute Gasteiger partial charge is 0.508 e. The van der Waals surface area contributed by atoms with Crippen molar-refractivity contribution >= 4 is 0 Å². The van der Waals surface area contributed by atoms with Gasteiger partial charge in [0.05, 0.1) is 13.2 Å². The topological polar surface area (TPSA) is 41.5 Å². The van der Waals surface area contributed by atoms with Crippen LogP contribution in [0, 0.1) is 0 Å². The van der Waals surface area contributed by atoms with Crippen molar-refractivity contribution in [1.82, 2.24) is 5.32 Å². The van der Waals surface area contributed by atoms with Crippen molar-refractivity contribution in [2.24, 2.45) is 0 Å². The molecule has 2 aromatic rings. The SMILES string of the molecule is COc1ccc(C2NC(C)Cc3ccc(O)cc32)cc1. The highest BCUT2D eigenvalue weighted by Crippen LogP contribution is 2.33. The quantitative estimate of drug-likeness (QED) is 0.880. The van der Waals surface area contributed by atoms with Crippen molar-refractivity contribution in [3.8, 4) is 11.5 Å². The van der Waals surface area contributed by atoms with Crippen molar-refractivity contribution in [3.63, 3.8) is 0 Å². The smallest absolute Gasteiger partial charge is 0.118 e. The minimum absolute atomic E-state index is 0.117. The Morgan fingerprint density at radius 1 is 1.15 bits per heavy atom. The molecular formula is C17H19NO2. The molecule has 2 atom stereocenters. The summed E-state index contributed by atoms with van der Waals surface area (Å²) in [6, 6.07) is 14.3. The summed E-state index contributed by atoms with van der Waals surface area (Å²) < 4.78 is 5.21. The fourth-order valence-corrected chi connectivity index (χ4v) is 2.87. The molecule has 3 heteroatoms. The van der Waals surface area contributed by atoms with Gasteiger partial charge in [-0.2, -0.15) is 0 Å². The van der Waals surface area contributed by atoms with Crippen LogP contribution < -0.4 is 10.1 Å². The second-order valence-corrected chi connectivity index (χ2v) is 5.36. The van der Waals surface area contributed by atoms with Gasteiger partial charge in [0, 0.05) is 6.04 Å². The fraction of sp³-hybridized carbons (Fsp3) is 0.294. The van der Waals surface area contributed by atoms with Crippen LogP contribution in [-0.2, 0) is 6.42 Å². The van der Waals surface area contributed by atoms with Crippen LogP contribution in [0.2, 0.25) is 0 Å². The third kappa shape index (κ3) is 2.37. The van der Waals surface area contributed by atoms with E-state index in [9.17, 15) is 5.11 Å². The van der Waals surface area contributed by atoms with E-state index in [2.05, 4.69) is 24.4 Å². The molecule has 0 amide bonds. The first-order valence-electron chi connectivity index (χ1n) is 6.89. The number of rotatable bonds is 2. The number of nitrogens with one attached hydrogen (secondary N) is 1. The molecule has 0 radical (unpaired) electrons. The first-order valence-corrected chi connectivity index (χ1v) is 6.89. The van der Waals surface area contributed by atoms with Gasteiger partial charge in [-0.25, -0.2) is 0 Å². The Labute approximate surface area is 119 Å². The number of methoxy groups -OCH3 is 1. The molecule has 3 nitrogen and oxygen atoms in total. The van der Waals surface area contributed by atoms with E-state index in [-0.39, 0.29) is 6.04 Å². The molecule has 0 aromatic heterocycles. The summed E-state index contributed by atoms with van der Waals surface area (Å²) in [6.45, 7) is 2.19. The minimum Gasteiger partial charge on any atom is -0.508 e. The highest BCUT2D eigenvalue weighted by atomic mass is 16.5. The van der Waals surface area contributed by atoms with Crippen LogP contribution in [0.4, 0.5) is 0 Å². The predicted molar refractivity (Wildman–Crippen MR) is 79.2 cm³/mol. The van der Waals surface area contributed by atoms with Crippen molar-refractivity contribution in [3.05, 3.63) is 59.2 Å². The zero-order valence-corrected chi connectivity index (χ0v) is 11.8. The van der Waals surface area contributed by atoms with Crippen LogP contribution in [0.5, 0.6) is 11.5 Å². The molecule has 0 bridgehead atoms. The number of hydrogen-bond donors (Lipinski definition) is 2. The lowest BCUT2D eigenvalue weighted by Crippen LogP contribution is -2.37. The number of hydrogen-bond acceptors (Lipinski definition) is 3. The van der Waals surface area contributed by atoms with E-state index in [0.717, 1.165) is 17.7 Å². The van der Waals surface area contributed by atoms with Crippen LogP contribution in [0.15, 0.2) is 42.5 Å². The number of phenolic OH excluding ortho intramolecular Hbond substituents is 1. The molecule has 0 saturated carbocycles. The van der Waals surface area contributed by atoms with Gasteiger partial charge in [0.1, 0.15) is 11.5 Å². The highest BCUT2D eigenvalue weighted by Gasteiger charge is 2.25. The molecule has 1 heterocycles. The molecule has 1 aliphatic rings. The molecule has 0 fully saturated rings. The Hall–Kier alpha value is -2.00. The molecule has 0 spiro atoms. The third-order valence-electron chi connectivity index (χ3n) is 3.87. The summed E-state index contributed by atoms with van der Waals surface area (Å²) in [5.41, 5.74) is 3.65. The molecular weight excluding hydrogens is 250 g/mol. The lowest BCUT2D eigenvalue weighted by atomic mass is 9.87. The second kappa shape index (κ2) is 5.17. The maximum Gasteiger partial charge on any atom is 0.118 e. The number of phenols is 1. The van der Waals surface area contributed by atoms with E-state index >= 15 is 0 Å². The zero-order valence-electron chi connectivity index (χ0n) is 11.8. The summed E-state index contributed by atoms with van der Waals surface area (Å²) >= 11 is 0. The molecule has 0 aliphatic carbocycles. The number of fused-ring (bicyclic) bond motifs is 1. The van der Waals surface area contributed by atoms with Gasteiger partial charge in [0.15, 0.2) is 0 Å². The van der Waals surface area contributed by atoms with Gasteiger partial charge in [-0.1, -0.05) is 18.2 Å². The molecule has 2 unspecified atom stereocenters. The average Bonchev–Trinajstić information content (AvgIpc) is 2.47. The molecule has 2 aromatic carbocycles. The average molecular weight is 269 g/mol. The van der Waals surface area contributed by atoms with Crippen LogP contribution in [0.3, 0.4) is 0 Å². The van der Waals surface area contributed by atoms with E-state index in [0.29, 0.717) is 11.8 Å². The Morgan fingerprint density at radius 2 is 1.90 bits per heavy atom. The normalized spacial score (nSPS) is 21.3. The standard InChI is InChI=1S/C17H19NO2/c1-11-9-13-3-6-14(19)10-16(13)17(18-11)12-4-7-15(20-2)8-5-12/h3-8,10-11,17-19H,9H2,1-2H3. The molecule has 20 heavy (non-hydrogen) atoms. The van der Waals surface area contributed by atoms with Crippen molar-refractivity contribution in [1.29, 1.82) is 0 Å². The summed E-state index contributed by atoms with van der Waals surface area (Å²) in [4.78, 5) is 0. The Balaban J connectivity index is 2.02. The lowest BCUT2D eigenvalue weighted by Gasteiger charge is -2.32. The van der Waals surface area contributed by atoms with Gasteiger partial charge >= 0.3 is 0 Å². The van der Waals surface area contributed by atoms with Crippen LogP contribution in [0.1, 0.15) is 29.7 Å². The monoisotopic (exact) mass is 269 g/mol. The number of aromatic hydroxyl groups is 1. The Bertz CT molecular complexity index is 607. The summed E-state index contributed by atoms with van der Waals surface area (Å²) in [5.74, 6) is 1.17. The number of ether oxygens (including phenoxy) is 1. The van der Waals surface area contributed by atoms with Crippen LogP contribution >= 0.6 is 0 Å². The van der Waals surface area contributed by atoms with Gasteiger partial charge in [-0.3, -0.25) is 0 Å². The van der Waals surface area contributed by atoms with E-state index in [1.807, 2.05) is 24.3 Å². The second-order valence-electron chi connectivity index (χ2n) is 5.36. The summed E-state index contributed by atoms with van der Waals surface area (Å²) in [7, 11) is 1.67. The maximum atomic E-state index is 9.75. The first kappa shape index (κ1) is 13.0. The van der Waals surface area contributed by atoms with Crippen LogP contribution in [-0.4, -0.2) is 18.3 Å². The molecule has 104 valence electrons. The molecule has 1 aliphatic heterocycles. The van der Waals surface area contributed by atoms with E-state index in [1.54, 1.807) is 13.2 Å². The summed E-state index contributed by atoms with van der Waals surface area (Å²) in [6.07, 6.45) is 0.988. The van der Waals surface area contributed by atoms with Gasteiger partial charge in [0.2, 0.25) is 0 Å². The third-order valence-corrected chi connectivity index (χ3v) is 3.87. The van der Waals surface area contributed by atoms with E-state index in [1.165, 1.54) is 11.1 Å². The number of benzene rings is 2. The van der Waals surface area contributed by atoms with Crippen molar-refractivity contribution in [2.75, 3.05) is 7.11 Å². The zero-order chi connectivity index (χ0) is 14.1. The fourth-order valence-electron chi connectivity index (χ4n) is 2.87. The Morgan fingerprint density at radius 3 is 2.60 bits per heavy atom. The maximum absolute atomic E-state index is 9.75. The highest BCUT2D eigenvalue weighted by molar-refractivity contribution is 5.44. The van der Waals surface area contributed by atoms with Gasteiger partial charge < -0.3 is 15.2 Å². The molecule has 0 saturated heterocycles. The summed E-state index contributed by atoms with van der Waals surface area (Å²) in [5, 5.41) is 13.4. The van der Waals surface area contributed by atoms with Crippen LogP contribution in [0.25, 0.3) is 0 Å². The van der Waals surface area contributed by atoms with Crippen molar-refractivity contribution < 1.29 is 9.84 Å².